The van der Waals surface area contributed by atoms with Gasteiger partial charge in [-0.3, -0.25) is 4.79 Å². The Hall–Kier alpha value is -3.32. The minimum atomic E-state index is -0.484. The smallest absolute Gasteiger partial charge is 0.337 e. The van der Waals surface area contributed by atoms with Crippen molar-refractivity contribution in [3.8, 4) is 22.6 Å². The number of benzene rings is 2. The number of aromatic nitrogens is 1. The highest BCUT2D eigenvalue weighted by Crippen LogP contribution is 2.39. The fourth-order valence-electron chi connectivity index (χ4n) is 3.84. The Balaban J connectivity index is 2.37. The molecule has 0 aliphatic heterocycles. The van der Waals surface area contributed by atoms with Crippen LogP contribution in [-0.4, -0.2) is 50.9 Å². The van der Waals surface area contributed by atoms with Crippen LogP contribution in [0.25, 0.3) is 21.9 Å². The van der Waals surface area contributed by atoms with Crippen LogP contribution in [0.2, 0.25) is 0 Å². The predicted molar refractivity (Wildman–Crippen MR) is 121 cm³/mol. The number of rotatable bonds is 6. The Bertz CT molecular complexity index is 1190. The lowest BCUT2D eigenvalue weighted by Crippen LogP contribution is -2.20. The zero-order valence-corrected chi connectivity index (χ0v) is 19.0. The average molecular weight is 424 g/mol. The van der Waals surface area contributed by atoms with Gasteiger partial charge in [0.05, 0.1) is 32.5 Å². The van der Waals surface area contributed by atoms with Crippen molar-refractivity contribution in [3.05, 3.63) is 57.5 Å². The number of esters is 1. The van der Waals surface area contributed by atoms with Crippen LogP contribution < -0.4 is 15.0 Å². The third-order valence-electron chi connectivity index (χ3n) is 5.48. The number of pyridine rings is 1. The first-order valence-corrected chi connectivity index (χ1v) is 9.85. The molecule has 164 valence electrons. The maximum Gasteiger partial charge on any atom is 0.337 e. The molecule has 1 heterocycles. The molecule has 3 rings (SSSR count). The molecule has 0 saturated carbocycles. The van der Waals surface area contributed by atoms with Gasteiger partial charge in [0.15, 0.2) is 0 Å². The summed E-state index contributed by atoms with van der Waals surface area (Å²) in [5.41, 5.74) is 3.64. The van der Waals surface area contributed by atoms with E-state index < -0.39 is 5.97 Å². The monoisotopic (exact) mass is 424 g/mol. The van der Waals surface area contributed by atoms with Crippen LogP contribution in [-0.2, 0) is 18.3 Å². The molecule has 0 atom stereocenters. The van der Waals surface area contributed by atoms with Gasteiger partial charge in [-0.05, 0) is 56.2 Å². The molecule has 0 fully saturated rings. The third kappa shape index (κ3) is 4.01. The lowest BCUT2D eigenvalue weighted by atomic mass is 9.94. The lowest BCUT2D eigenvalue weighted by molar-refractivity contribution is 0.0601. The van der Waals surface area contributed by atoms with Crippen LogP contribution in [0.1, 0.15) is 21.6 Å². The normalized spacial score (nSPS) is 11.1. The Morgan fingerprint density at radius 2 is 1.61 bits per heavy atom. The highest BCUT2D eigenvalue weighted by Gasteiger charge is 2.20. The van der Waals surface area contributed by atoms with E-state index in [1.807, 2.05) is 38.1 Å². The molecule has 0 bridgehead atoms. The summed E-state index contributed by atoms with van der Waals surface area (Å²) in [5.74, 6) is 0.925. The van der Waals surface area contributed by atoms with Gasteiger partial charge in [-0.2, -0.15) is 0 Å². The minimum absolute atomic E-state index is 0.176. The fraction of sp³-hybridized carbons (Fsp3) is 0.333. The first-order valence-electron chi connectivity index (χ1n) is 9.85. The average Bonchev–Trinajstić information content (AvgIpc) is 2.77. The number of methoxy groups -OCH3 is 3. The number of hydrogen-bond acceptors (Lipinski definition) is 6. The number of hydrogen-bond donors (Lipinski definition) is 0. The summed E-state index contributed by atoms with van der Waals surface area (Å²) in [4.78, 5) is 27.0. The topological polar surface area (TPSA) is 70.0 Å². The SMILES string of the molecule is COC(=O)c1ccc2c(-c3cc(OC)c(CN(C)C)c(OC)c3)c(C)n(C)c(=O)c2c1. The van der Waals surface area contributed by atoms with Crippen LogP contribution in [0.15, 0.2) is 35.1 Å². The summed E-state index contributed by atoms with van der Waals surface area (Å²) in [5, 5.41) is 1.19. The summed E-state index contributed by atoms with van der Waals surface area (Å²) in [6.07, 6.45) is 0. The molecular formula is C24H28N2O5. The van der Waals surface area contributed by atoms with E-state index in [4.69, 9.17) is 14.2 Å². The van der Waals surface area contributed by atoms with Gasteiger partial charge < -0.3 is 23.7 Å². The first kappa shape index (κ1) is 22.4. The number of fused-ring (bicyclic) bond motifs is 1. The molecule has 7 heteroatoms. The van der Waals surface area contributed by atoms with Crippen LogP contribution in [0.3, 0.4) is 0 Å². The van der Waals surface area contributed by atoms with E-state index in [2.05, 4.69) is 0 Å². The number of nitrogens with zero attached hydrogens (tertiary/aromatic N) is 2. The quantitative estimate of drug-likeness (QED) is 0.565. The van der Waals surface area contributed by atoms with E-state index in [9.17, 15) is 9.59 Å². The highest BCUT2D eigenvalue weighted by molar-refractivity contribution is 6.01. The van der Waals surface area contributed by atoms with Gasteiger partial charge in [0, 0.05) is 30.2 Å². The zero-order valence-electron chi connectivity index (χ0n) is 19.0. The zero-order chi connectivity index (χ0) is 22.9. The van der Waals surface area contributed by atoms with Gasteiger partial charge in [0.1, 0.15) is 11.5 Å². The molecule has 31 heavy (non-hydrogen) atoms. The Kier molecular flexibility index (Phi) is 6.36. The van der Waals surface area contributed by atoms with Gasteiger partial charge in [-0.1, -0.05) is 6.07 Å². The molecular weight excluding hydrogens is 396 g/mol. The molecule has 0 aliphatic rings. The minimum Gasteiger partial charge on any atom is -0.496 e. The highest BCUT2D eigenvalue weighted by atomic mass is 16.5. The van der Waals surface area contributed by atoms with Gasteiger partial charge in [0.2, 0.25) is 0 Å². The van der Waals surface area contributed by atoms with Crippen LogP contribution in [0, 0.1) is 6.92 Å². The van der Waals surface area contributed by atoms with Crippen molar-refractivity contribution in [1.82, 2.24) is 9.47 Å². The number of carbonyl (C=O) groups is 1. The largest absolute Gasteiger partial charge is 0.496 e. The van der Waals surface area contributed by atoms with Crippen LogP contribution >= 0.6 is 0 Å². The molecule has 0 radical (unpaired) electrons. The van der Waals surface area contributed by atoms with Crippen molar-refractivity contribution in [2.24, 2.45) is 7.05 Å². The molecule has 1 aromatic heterocycles. The Morgan fingerprint density at radius 3 is 2.13 bits per heavy atom. The van der Waals surface area contributed by atoms with Gasteiger partial charge in [-0.25, -0.2) is 4.79 Å². The maximum atomic E-state index is 13.0. The van der Waals surface area contributed by atoms with Gasteiger partial charge >= 0.3 is 5.97 Å². The van der Waals surface area contributed by atoms with Crippen molar-refractivity contribution in [1.29, 1.82) is 0 Å². The van der Waals surface area contributed by atoms with Crippen molar-refractivity contribution in [2.75, 3.05) is 35.4 Å². The van der Waals surface area contributed by atoms with E-state index in [0.29, 0.717) is 29.0 Å². The molecule has 7 nitrogen and oxygen atoms in total. The van der Waals surface area contributed by atoms with Crippen LogP contribution in [0.5, 0.6) is 11.5 Å². The van der Waals surface area contributed by atoms with Crippen molar-refractivity contribution >= 4 is 16.7 Å². The van der Waals surface area contributed by atoms with Gasteiger partial charge in [0.25, 0.3) is 5.56 Å². The van der Waals surface area contributed by atoms with E-state index in [1.54, 1.807) is 44.0 Å². The molecule has 2 aromatic carbocycles. The molecule has 3 aromatic rings. The lowest BCUT2D eigenvalue weighted by Gasteiger charge is -2.20. The van der Waals surface area contributed by atoms with Crippen molar-refractivity contribution < 1.29 is 19.0 Å². The molecule has 0 unspecified atom stereocenters. The standard InChI is InChI=1S/C24H28N2O5/c1-14-22(16-11-20(29-5)19(13-25(2)3)21(12-16)30-6)17-9-8-15(24(28)31-7)10-18(17)23(27)26(14)4/h8-12H,13H2,1-7H3. The fourth-order valence-corrected chi connectivity index (χ4v) is 3.84. The molecule has 0 saturated heterocycles. The molecule has 0 amide bonds. The van der Waals surface area contributed by atoms with E-state index in [0.717, 1.165) is 27.8 Å². The first-order chi connectivity index (χ1) is 14.7. The second-order valence-corrected chi connectivity index (χ2v) is 7.67. The summed E-state index contributed by atoms with van der Waals surface area (Å²) >= 11 is 0. The summed E-state index contributed by atoms with van der Waals surface area (Å²) in [6, 6.07) is 8.97. The third-order valence-corrected chi connectivity index (χ3v) is 5.48. The van der Waals surface area contributed by atoms with E-state index in [-0.39, 0.29) is 5.56 Å². The van der Waals surface area contributed by atoms with Crippen molar-refractivity contribution in [2.45, 2.75) is 13.5 Å². The second-order valence-electron chi connectivity index (χ2n) is 7.67. The summed E-state index contributed by atoms with van der Waals surface area (Å²) < 4.78 is 17.8. The molecule has 0 aliphatic carbocycles. The summed E-state index contributed by atoms with van der Waals surface area (Å²) in [7, 11) is 10.3. The number of carbonyl (C=O) groups excluding carboxylic acids is 1. The van der Waals surface area contributed by atoms with Gasteiger partial charge in [-0.15, -0.1) is 0 Å². The van der Waals surface area contributed by atoms with Crippen molar-refractivity contribution in [3.63, 3.8) is 0 Å². The maximum absolute atomic E-state index is 13.0. The van der Waals surface area contributed by atoms with E-state index >= 15 is 0 Å². The molecule has 0 spiro atoms. The Morgan fingerprint density at radius 1 is 1.00 bits per heavy atom. The molecule has 0 N–H and O–H groups in total. The summed E-state index contributed by atoms with van der Waals surface area (Å²) in [6.45, 7) is 2.55. The predicted octanol–water partition coefficient (Wildman–Crippen LogP) is 3.38. The van der Waals surface area contributed by atoms with Crippen LogP contribution in [0.4, 0.5) is 0 Å². The second kappa shape index (κ2) is 8.81. The van der Waals surface area contributed by atoms with E-state index in [1.165, 1.54) is 7.11 Å². The number of ether oxygens (including phenoxy) is 3. The Labute approximate surface area is 181 Å².